The van der Waals surface area contributed by atoms with Crippen LogP contribution in [-0.4, -0.2) is 91.7 Å². The van der Waals surface area contributed by atoms with Crippen molar-refractivity contribution in [2.45, 2.75) is 13.0 Å². The summed E-state index contributed by atoms with van der Waals surface area (Å²) in [4.78, 5) is 48.3. The molecule has 3 aromatic carbocycles. The highest BCUT2D eigenvalue weighted by Gasteiger charge is 2.21. The highest BCUT2D eigenvalue weighted by Crippen LogP contribution is 2.34. The lowest BCUT2D eigenvalue weighted by atomic mass is 10.0. The van der Waals surface area contributed by atoms with Gasteiger partial charge in [-0.05, 0) is 72.3 Å². The molecule has 11 heteroatoms. The molecule has 0 bridgehead atoms. The zero-order valence-electron chi connectivity index (χ0n) is 26.8. The van der Waals surface area contributed by atoms with Gasteiger partial charge in [0.05, 0.1) is 37.6 Å². The van der Waals surface area contributed by atoms with Crippen LogP contribution >= 0.6 is 0 Å². The molecule has 0 spiro atoms. The fraction of sp³-hybridized carbons (Fsp3) is 0.278. The van der Waals surface area contributed by atoms with Crippen molar-refractivity contribution in [1.29, 1.82) is 0 Å². The molecule has 0 radical (unpaired) electrons. The van der Waals surface area contributed by atoms with E-state index < -0.39 is 5.97 Å². The fourth-order valence-corrected chi connectivity index (χ4v) is 5.54. The largest absolute Gasteiger partial charge is 0.493 e. The quantitative estimate of drug-likeness (QED) is 0.224. The number of hydrogen-bond acceptors (Lipinski definition) is 8. The Labute approximate surface area is 274 Å². The van der Waals surface area contributed by atoms with Crippen molar-refractivity contribution >= 4 is 29.2 Å². The Kier molecular flexibility index (Phi) is 10.7. The van der Waals surface area contributed by atoms with Gasteiger partial charge in [-0.15, -0.1) is 0 Å². The monoisotopic (exact) mass is 637 g/mol. The molecule has 1 aliphatic heterocycles. The Hall–Kier alpha value is -5.42. The second kappa shape index (κ2) is 15.2. The number of ether oxygens (including phenoxy) is 2. The molecule has 47 heavy (non-hydrogen) atoms. The summed E-state index contributed by atoms with van der Waals surface area (Å²) in [5.74, 6) is -0.556. The van der Waals surface area contributed by atoms with Crippen molar-refractivity contribution in [1.82, 2.24) is 14.8 Å². The van der Waals surface area contributed by atoms with Crippen LogP contribution in [0.2, 0.25) is 0 Å². The number of hydrogen-bond donors (Lipinski definition) is 2. The molecule has 0 unspecified atom stereocenters. The number of aliphatic carboxylic acids is 1. The van der Waals surface area contributed by atoms with E-state index in [4.69, 9.17) is 9.47 Å². The number of rotatable bonds is 12. The number of carbonyl (C=O) groups is 3. The van der Waals surface area contributed by atoms with Crippen molar-refractivity contribution in [3.63, 3.8) is 0 Å². The SMILES string of the molecule is COc1ccc(C(=O)Nc2cc(-c3cccc(CN(CCC(=O)O)C(=O)c4cccnc4)c3)ccc2N2CCN(C)CC2)cc1OC. The third-order valence-corrected chi connectivity index (χ3v) is 8.16. The van der Waals surface area contributed by atoms with Crippen LogP contribution in [0.3, 0.4) is 0 Å². The van der Waals surface area contributed by atoms with Crippen LogP contribution < -0.4 is 19.7 Å². The number of carboxylic acids is 1. The molecule has 11 nitrogen and oxygen atoms in total. The summed E-state index contributed by atoms with van der Waals surface area (Å²) < 4.78 is 10.8. The Balaban J connectivity index is 1.45. The summed E-state index contributed by atoms with van der Waals surface area (Å²) in [6.07, 6.45) is 2.89. The summed E-state index contributed by atoms with van der Waals surface area (Å²) in [5.41, 5.74) is 5.02. The van der Waals surface area contributed by atoms with E-state index in [2.05, 4.69) is 27.1 Å². The Morgan fingerprint density at radius 1 is 0.872 bits per heavy atom. The zero-order chi connectivity index (χ0) is 33.3. The third kappa shape index (κ3) is 8.25. The molecule has 2 N–H and O–H groups in total. The standard InChI is InChI=1S/C36H39N5O6/c1-39-16-18-40(19-17-39)31-11-9-27(21-30(31)38-35(44)28-10-12-32(46-2)33(22-28)47-3)26-7-4-6-25(20-26)24-41(15-13-34(42)43)36(45)29-8-5-14-37-23-29/h4-12,14,20-23H,13,15-19,24H2,1-3H3,(H,38,44)(H,42,43). The summed E-state index contributed by atoms with van der Waals surface area (Å²) in [7, 11) is 5.18. The van der Waals surface area contributed by atoms with Crippen molar-refractivity contribution in [3.05, 3.63) is 102 Å². The normalized spacial score (nSPS) is 13.1. The van der Waals surface area contributed by atoms with E-state index in [-0.39, 0.29) is 31.3 Å². The van der Waals surface area contributed by atoms with Crippen molar-refractivity contribution in [3.8, 4) is 22.6 Å². The lowest BCUT2D eigenvalue weighted by Crippen LogP contribution is -2.44. The number of anilines is 2. The van der Waals surface area contributed by atoms with Gasteiger partial charge in [0, 0.05) is 57.2 Å². The number of aromatic nitrogens is 1. The van der Waals surface area contributed by atoms with Crippen LogP contribution in [0.1, 0.15) is 32.7 Å². The minimum Gasteiger partial charge on any atom is -0.493 e. The molecule has 0 atom stereocenters. The van der Waals surface area contributed by atoms with Crippen LogP contribution in [-0.2, 0) is 11.3 Å². The first-order valence-corrected chi connectivity index (χ1v) is 15.4. The predicted octanol–water partition coefficient (Wildman–Crippen LogP) is 4.89. The minimum absolute atomic E-state index is 0.0549. The first kappa shape index (κ1) is 33.0. The van der Waals surface area contributed by atoms with E-state index >= 15 is 0 Å². The molecule has 0 aliphatic carbocycles. The number of nitrogens with zero attached hydrogens (tertiary/aromatic N) is 4. The molecule has 5 rings (SSSR count). The number of carboxylic acid groups (broad SMARTS) is 1. The summed E-state index contributed by atoms with van der Waals surface area (Å²) in [6.45, 7) is 3.73. The lowest BCUT2D eigenvalue weighted by Gasteiger charge is -2.35. The third-order valence-electron chi connectivity index (χ3n) is 8.16. The van der Waals surface area contributed by atoms with E-state index in [1.54, 1.807) is 43.6 Å². The molecule has 2 amide bonds. The van der Waals surface area contributed by atoms with E-state index in [0.717, 1.165) is 48.6 Å². The van der Waals surface area contributed by atoms with Gasteiger partial charge in [0.15, 0.2) is 11.5 Å². The molecule has 244 valence electrons. The molecule has 2 heterocycles. The topological polar surface area (TPSA) is 125 Å². The Morgan fingerprint density at radius 2 is 1.64 bits per heavy atom. The van der Waals surface area contributed by atoms with Crippen LogP contribution in [0.15, 0.2) is 85.2 Å². The van der Waals surface area contributed by atoms with Gasteiger partial charge in [0.1, 0.15) is 0 Å². The van der Waals surface area contributed by atoms with Crippen LogP contribution in [0, 0.1) is 0 Å². The van der Waals surface area contributed by atoms with Crippen molar-refractivity contribution in [2.75, 3.05) is 64.2 Å². The van der Waals surface area contributed by atoms with Crippen LogP contribution in [0.25, 0.3) is 11.1 Å². The molecule has 1 aliphatic rings. The molecule has 1 aromatic heterocycles. The van der Waals surface area contributed by atoms with Gasteiger partial charge in [0.25, 0.3) is 11.8 Å². The summed E-state index contributed by atoms with van der Waals surface area (Å²) in [5, 5.41) is 12.5. The summed E-state index contributed by atoms with van der Waals surface area (Å²) >= 11 is 0. The maximum Gasteiger partial charge on any atom is 0.305 e. The first-order valence-electron chi connectivity index (χ1n) is 15.4. The molecule has 1 saturated heterocycles. The predicted molar refractivity (Wildman–Crippen MR) is 180 cm³/mol. The van der Waals surface area contributed by atoms with Crippen LogP contribution in [0.4, 0.5) is 11.4 Å². The second-order valence-electron chi connectivity index (χ2n) is 11.4. The van der Waals surface area contributed by atoms with Crippen LogP contribution in [0.5, 0.6) is 11.5 Å². The van der Waals surface area contributed by atoms with Crippen molar-refractivity contribution < 1.29 is 29.0 Å². The van der Waals surface area contributed by atoms with Crippen molar-refractivity contribution in [2.24, 2.45) is 0 Å². The fourth-order valence-electron chi connectivity index (χ4n) is 5.54. The summed E-state index contributed by atoms with van der Waals surface area (Å²) in [6, 6.07) is 22.2. The first-order chi connectivity index (χ1) is 22.7. The lowest BCUT2D eigenvalue weighted by molar-refractivity contribution is -0.137. The maximum absolute atomic E-state index is 13.6. The van der Waals surface area contributed by atoms with Gasteiger partial charge < -0.3 is 34.6 Å². The van der Waals surface area contributed by atoms with Gasteiger partial charge in [-0.3, -0.25) is 19.4 Å². The number of pyridine rings is 1. The second-order valence-corrected chi connectivity index (χ2v) is 11.4. The number of carbonyl (C=O) groups excluding carboxylic acids is 2. The maximum atomic E-state index is 13.6. The van der Waals surface area contributed by atoms with Gasteiger partial charge in [-0.1, -0.05) is 24.3 Å². The average molecular weight is 638 g/mol. The van der Waals surface area contributed by atoms with Gasteiger partial charge in [-0.2, -0.15) is 0 Å². The molecule has 1 fully saturated rings. The number of piperazine rings is 1. The molecule has 0 saturated carbocycles. The number of methoxy groups -OCH3 is 2. The minimum atomic E-state index is -0.981. The molecule has 4 aromatic rings. The smallest absolute Gasteiger partial charge is 0.305 e. The molecular weight excluding hydrogens is 598 g/mol. The number of benzene rings is 3. The van der Waals surface area contributed by atoms with E-state index in [0.29, 0.717) is 28.3 Å². The van der Waals surface area contributed by atoms with E-state index in [9.17, 15) is 19.5 Å². The Morgan fingerprint density at radius 3 is 2.34 bits per heavy atom. The molecular formula is C36H39N5O6. The highest BCUT2D eigenvalue weighted by molar-refractivity contribution is 6.06. The number of likely N-dealkylation sites (N-methyl/N-ethyl adjacent to an activating group) is 1. The van der Waals surface area contributed by atoms with E-state index in [1.165, 1.54) is 18.2 Å². The number of amides is 2. The van der Waals surface area contributed by atoms with Gasteiger partial charge in [-0.25, -0.2) is 0 Å². The van der Waals surface area contributed by atoms with E-state index in [1.807, 2.05) is 42.5 Å². The zero-order valence-corrected chi connectivity index (χ0v) is 26.8. The van der Waals surface area contributed by atoms with Gasteiger partial charge >= 0.3 is 5.97 Å². The number of nitrogens with one attached hydrogen (secondary N) is 1. The van der Waals surface area contributed by atoms with Gasteiger partial charge in [0.2, 0.25) is 0 Å². The average Bonchev–Trinajstić information content (AvgIpc) is 3.10. The Bertz CT molecular complexity index is 1720. The highest BCUT2D eigenvalue weighted by atomic mass is 16.5.